The van der Waals surface area contributed by atoms with Gasteiger partial charge in [-0.1, -0.05) is 35.1 Å². The third-order valence-corrected chi connectivity index (χ3v) is 5.88. The second-order valence-corrected chi connectivity index (χ2v) is 8.25. The Hall–Kier alpha value is -1.67. The van der Waals surface area contributed by atoms with Crippen LogP contribution < -0.4 is 0 Å². The summed E-state index contributed by atoms with van der Waals surface area (Å²) in [4.78, 5) is 8.29. The number of benzene rings is 1. The molecule has 1 saturated heterocycles. The summed E-state index contributed by atoms with van der Waals surface area (Å²) in [5, 5.41) is 15.8. The van der Waals surface area contributed by atoms with E-state index in [9.17, 15) is 5.11 Å². The lowest BCUT2D eigenvalue weighted by atomic mass is 10.0. The molecule has 0 bridgehead atoms. The molecule has 0 spiro atoms. The number of aryl methyl sites for hydroxylation is 1. The number of thiazole rings is 1. The van der Waals surface area contributed by atoms with E-state index in [4.69, 9.17) is 16.3 Å². The van der Waals surface area contributed by atoms with Gasteiger partial charge in [0.25, 0.3) is 0 Å². The first-order chi connectivity index (χ1) is 12.4. The van der Waals surface area contributed by atoms with E-state index in [1.54, 1.807) is 0 Å². The molecule has 3 heterocycles. The Kier molecular flexibility index (Phi) is 4.64. The van der Waals surface area contributed by atoms with Crippen LogP contribution in [0.15, 0.2) is 24.3 Å². The Bertz CT molecular complexity index is 913. The molecule has 138 valence electrons. The van der Waals surface area contributed by atoms with Gasteiger partial charge in [0.1, 0.15) is 5.82 Å². The number of fused-ring (bicyclic) bond motifs is 1. The Morgan fingerprint density at radius 1 is 1.23 bits per heavy atom. The minimum atomic E-state index is -0.102. The molecule has 0 aliphatic carbocycles. The lowest BCUT2D eigenvalue weighted by molar-refractivity contribution is -0.0764. The van der Waals surface area contributed by atoms with Crippen LogP contribution in [0.3, 0.4) is 0 Å². The maximum absolute atomic E-state index is 10.8. The third kappa shape index (κ3) is 3.20. The van der Waals surface area contributed by atoms with Crippen molar-refractivity contribution in [3.8, 4) is 5.88 Å². The van der Waals surface area contributed by atoms with Gasteiger partial charge in [-0.25, -0.2) is 4.98 Å². The van der Waals surface area contributed by atoms with Crippen LogP contribution in [0, 0.1) is 6.92 Å². The standard InChI is InChI=1S/C18H21ClN4O2S/c1-10-8-22(9-11(2)25-10)15(13-4-6-14(19)7-5-13)16-17(24)23-18(26-16)20-12(3)21-23/h4-7,10-11,15,24H,8-9H2,1-3H3/t10-,11-,15+/m1/s1. The summed E-state index contributed by atoms with van der Waals surface area (Å²) in [6, 6.07) is 7.69. The Morgan fingerprint density at radius 2 is 1.88 bits per heavy atom. The highest BCUT2D eigenvalue weighted by molar-refractivity contribution is 7.17. The molecule has 26 heavy (non-hydrogen) atoms. The van der Waals surface area contributed by atoms with Crippen LogP contribution >= 0.6 is 22.9 Å². The monoisotopic (exact) mass is 392 g/mol. The van der Waals surface area contributed by atoms with Crippen LogP contribution in [0.5, 0.6) is 5.88 Å². The summed E-state index contributed by atoms with van der Waals surface area (Å²) in [5.41, 5.74) is 1.08. The van der Waals surface area contributed by atoms with E-state index < -0.39 is 0 Å². The molecular formula is C18H21ClN4O2S. The van der Waals surface area contributed by atoms with Gasteiger partial charge in [0, 0.05) is 18.1 Å². The fourth-order valence-electron chi connectivity index (χ4n) is 3.63. The highest BCUT2D eigenvalue weighted by Crippen LogP contribution is 2.41. The molecule has 3 aromatic rings. The molecule has 3 atom stereocenters. The van der Waals surface area contributed by atoms with Crippen LogP contribution in [0.4, 0.5) is 0 Å². The zero-order chi connectivity index (χ0) is 18.4. The molecule has 0 unspecified atom stereocenters. The van der Waals surface area contributed by atoms with Crippen molar-refractivity contribution in [2.24, 2.45) is 0 Å². The highest BCUT2D eigenvalue weighted by atomic mass is 35.5. The third-order valence-electron chi connectivity index (χ3n) is 4.55. The predicted molar refractivity (Wildman–Crippen MR) is 102 cm³/mol. The Labute approximate surface area is 161 Å². The Balaban J connectivity index is 1.82. The number of hydrogen-bond donors (Lipinski definition) is 1. The van der Waals surface area contributed by atoms with E-state index in [-0.39, 0.29) is 24.1 Å². The number of aromatic hydroxyl groups is 1. The quantitative estimate of drug-likeness (QED) is 0.737. The fraction of sp³-hybridized carbons (Fsp3) is 0.444. The number of halogens is 1. The minimum absolute atomic E-state index is 0.102. The number of hydrogen-bond acceptors (Lipinski definition) is 6. The summed E-state index contributed by atoms with van der Waals surface area (Å²) >= 11 is 7.56. The molecule has 0 radical (unpaired) electrons. The van der Waals surface area contributed by atoms with Gasteiger partial charge in [0.05, 0.1) is 23.1 Å². The van der Waals surface area contributed by atoms with Gasteiger partial charge in [0.2, 0.25) is 10.8 Å². The van der Waals surface area contributed by atoms with Crippen LogP contribution in [-0.2, 0) is 4.74 Å². The zero-order valence-electron chi connectivity index (χ0n) is 14.9. The van der Waals surface area contributed by atoms with Crippen LogP contribution in [0.1, 0.15) is 36.2 Å². The van der Waals surface area contributed by atoms with E-state index in [1.165, 1.54) is 15.9 Å². The normalized spacial score (nSPS) is 22.8. The van der Waals surface area contributed by atoms with Crippen LogP contribution in [-0.4, -0.2) is 49.9 Å². The molecule has 1 N–H and O–H groups in total. The van der Waals surface area contributed by atoms with Gasteiger partial charge in [-0.15, -0.1) is 5.10 Å². The maximum Gasteiger partial charge on any atom is 0.230 e. The van der Waals surface area contributed by atoms with Crippen LogP contribution in [0.2, 0.25) is 5.02 Å². The molecule has 8 heteroatoms. The van der Waals surface area contributed by atoms with Crippen molar-refractivity contribution in [3.63, 3.8) is 0 Å². The molecule has 1 aliphatic rings. The first-order valence-electron chi connectivity index (χ1n) is 8.62. The first-order valence-corrected chi connectivity index (χ1v) is 9.82. The van der Waals surface area contributed by atoms with Crippen molar-refractivity contribution in [2.75, 3.05) is 13.1 Å². The van der Waals surface area contributed by atoms with Crippen molar-refractivity contribution < 1.29 is 9.84 Å². The van der Waals surface area contributed by atoms with Gasteiger partial charge in [-0.05, 0) is 38.5 Å². The van der Waals surface area contributed by atoms with Gasteiger partial charge < -0.3 is 9.84 Å². The summed E-state index contributed by atoms with van der Waals surface area (Å²) in [6.07, 6.45) is 0.250. The van der Waals surface area contributed by atoms with Gasteiger partial charge in [0.15, 0.2) is 0 Å². The van der Waals surface area contributed by atoms with Gasteiger partial charge >= 0.3 is 0 Å². The minimum Gasteiger partial charge on any atom is -0.492 e. The summed E-state index contributed by atoms with van der Waals surface area (Å²) in [5.74, 6) is 0.798. The first kappa shape index (κ1) is 17.7. The van der Waals surface area contributed by atoms with Crippen molar-refractivity contribution in [1.82, 2.24) is 19.5 Å². The smallest absolute Gasteiger partial charge is 0.230 e. The molecule has 0 amide bonds. The molecule has 1 aromatic carbocycles. The van der Waals surface area contributed by atoms with E-state index in [2.05, 4.69) is 28.8 Å². The highest BCUT2D eigenvalue weighted by Gasteiger charge is 2.34. The largest absolute Gasteiger partial charge is 0.492 e. The molecule has 1 aliphatic heterocycles. The Morgan fingerprint density at radius 3 is 2.50 bits per heavy atom. The molecule has 4 rings (SSSR count). The van der Waals surface area contributed by atoms with E-state index >= 15 is 0 Å². The molecule has 1 fully saturated rings. The van der Waals surface area contributed by atoms with Crippen molar-refractivity contribution >= 4 is 27.9 Å². The lowest BCUT2D eigenvalue weighted by Crippen LogP contribution is -2.47. The van der Waals surface area contributed by atoms with Crippen molar-refractivity contribution in [1.29, 1.82) is 0 Å². The second-order valence-electron chi connectivity index (χ2n) is 6.81. The number of ether oxygens (including phenoxy) is 1. The van der Waals surface area contributed by atoms with E-state index in [0.717, 1.165) is 23.5 Å². The number of nitrogens with zero attached hydrogens (tertiary/aromatic N) is 4. The second kappa shape index (κ2) is 6.81. The van der Waals surface area contributed by atoms with Crippen molar-refractivity contribution in [3.05, 3.63) is 45.6 Å². The van der Waals surface area contributed by atoms with Gasteiger partial charge in [-0.3, -0.25) is 4.90 Å². The average Bonchev–Trinajstić information content (AvgIpc) is 3.07. The molecule has 6 nitrogen and oxygen atoms in total. The van der Waals surface area contributed by atoms with Gasteiger partial charge in [-0.2, -0.15) is 4.52 Å². The SMILES string of the molecule is Cc1nc2sc([C@H](c3ccc(Cl)cc3)N3C[C@@H](C)O[C@H](C)C3)c(O)n2n1. The number of rotatable bonds is 3. The van der Waals surface area contributed by atoms with E-state index in [1.807, 2.05) is 31.2 Å². The molecule has 2 aromatic heterocycles. The summed E-state index contributed by atoms with van der Waals surface area (Å²) in [7, 11) is 0. The zero-order valence-corrected chi connectivity index (χ0v) is 16.5. The van der Waals surface area contributed by atoms with E-state index in [0.29, 0.717) is 15.8 Å². The maximum atomic E-state index is 10.8. The predicted octanol–water partition coefficient (Wildman–Crippen LogP) is 3.66. The average molecular weight is 393 g/mol. The summed E-state index contributed by atoms with van der Waals surface area (Å²) < 4.78 is 7.41. The molecule has 0 saturated carbocycles. The topological polar surface area (TPSA) is 62.9 Å². The van der Waals surface area contributed by atoms with Crippen LogP contribution in [0.25, 0.3) is 4.96 Å². The summed E-state index contributed by atoms with van der Waals surface area (Å²) in [6.45, 7) is 7.54. The number of aromatic nitrogens is 3. The fourth-order valence-corrected chi connectivity index (χ4v) is 4.92. The number of morpholine rings is 1. The lowest BCUT2D eigenvalue weighted by Gasteiger charge is -2.40. The van der Waals surface area contributed by atoms with Crippen molar-refractivity contribution in [2.45, 2.75) is 39.0 Å². The molecular weight excluding hydrogens is 372 g/mol.